The number of methoxy groups -OCH3 is 2. The van der Waals surface area contributed by atoms with E-state index < -0.39 is 5.60 Å². The molecule has 3 aromatic carbocycles. The number of rotatable bonds is 8. The number of ether oxygens (including phenoxy) is 4. The Morgan fingerprint density at radius 1 is 0.972 bits per heavy atom. The summed E-state index contributed by atoms with van der Waals surface area (Å²) in [6.45, 7) is 2.85. The van der Waals surface area contributed by atoms with E-state index in [0.29, 0.717) is 31.3 Å². The van der Waals surface area contributed by atoms with E-state index in [1.165, 1.54) is 5.69 Å². The minimum absolute atomic E-state index is 0.137. The first-order valence-electron chi connectivity index (χ1n) is 12.7. The van der Waals surface area contributed by atoms with E-state index in [1.54, 1.807) is 14.2 Å². The lowest BCUT2D eigenvalue weighted by atomic mass is 9.82. The number of aliphatic hydroxyl groups is 1. The Morgan fingerprint density at radius 3 is 2.39 bits per heavy atom. The maximum Gasteiger partial charge on any atom is 0.159 e. The van der Waals surface area contributed by atoms with E-state index >= 15 is 0 Å². The Labute approximate surface area is 213 Å². The van der Waals surface area contributed by atoms with Gasteiger partial charge in [-0.05, 0) is 48.2 Å². The molecule has 0 saturated carbocycles. The van der Waals surface area contributed by atoms with Gasteiger partial charge in [-0.2, -0.15) is 0 Å². The summed E-state index contributed by atoms with van der Waals surface area (Å²) in [5, 5.41) is 11.8. The van der Waals surface area contributed by atoms with Crippen molar-refractivity contribution in [3.63, 3.8) is 0 Å². The normalized spacial score (nSPS) is 20.2. The minimum Gasteiger partial charge on any atom is -0.493 e. The minimum atomic E-state index is -1.10. The first-order chi connectivity index (χ1) is 17.6. The zero-order chi connectivity index (χ0) is 25.0. The summed E-state index contributed by atoms with van der Waals surface area (Å²) in [5.41, 5.74) is 2.83. The van der Waals surface area contributed by atoms with Crippen molar-refractivity contribution >= 4 is 5.69 Å². The van der Waals surface area contributed by atoms with Gasteiger partial charge in [-0.25, -0.2) is 0 Å². The van der Waals surface area contributed by atoms with Crippen LogP contribution in [-0.4, -0.2) is 45.3 Å². The van der Waals surface area contributed by atoms with Gasteiger partial charge in [0.25, 0.3) is 0 Å². The summed E-state index contributed by atoms with van der Waals surface area (Å²) in [6.07, 6.45) is 2.42. The van der Waals surface area contributed by atoms with Crippen molar-refractivity contribution in [2.24, 2.45) is 5.92 Å². The van der Waals surface area contributed by atoms with Gasteiger partial charge < -0.3 is 29.0 Å². The van der Waals surface area contributed by atoms with Crippen molar-refractivity contribution in [1.29, 1.82) is 0 Å². The van der Waals surface area contributed by atoms with Crippen molar-refractivity contribution in [3.8, 4) is 11.5 Å². The van der Waals surface area contributed by atoms with E-state index in [9.17, 15) is 5.11 Å². The second kappa shape index (κ2) is 10.9. The lowest BCUT2D eigenvalue weighted by molar-refractivity contribution is -0.141. The number of hydrogen-bond donors (Lipinski definition) is 1. The predicted octanol–water partition coefficient (Wildman–Crippen LogP) is 5.12. The van der Waals surface area contributed by atoms with Gasteiger partial charge in [0.15, 0.2) is 6.29 Å². The Hall–Kier alpha value is -3.06. The van der Waals surface area contributed by atoms with Crippen molar-refractivity contribution < 1.29 is 24.1 Å². The molecule has 6 heteroatoms. The molecule has 190 valence electrons. The molecule has 5 rings (SSSR count). The molecule has 1 atom stereocenters. The van der Waals surface area contributed by atoms with Crippen LogP contribution in [0.25, 0.3) is 0 Å². The molecular weight excluding hydrogens is 454 g/mol. The fourth-order valence-corrected chi connectivity index (χ4v) is 5.40. The Morgan fingerprint density at radius 2 is 1.69 bits per heavy atom. The highest BCUT2D eigenvalue weighted by atomic mass is 16.7. The summed E-state index contributed by atoms with van der Waals surface area (Å²) < 4.78 is 22.8. The Balaban J connectivity index is 1.28. The van der Waals surface area contributed by atoms with Gasteiger partial charge in [-0.1, -0.05) is 42.5 Å². The standard InChI is InChI=1S/C30H35NO5/c1-33-29(34-2)23-14-17-31(18-15-23)25-10-8-24(9-11-25)30(32)16-19-35-28-20-26(12-13-27(28)30)36-21-22-6-4-3-5-7-22/h3-13,20,23,29,32H,14-19,21H2,1-2H3. The number of nitrogens with zero attached hydrogens (tertiary/aromatic N) is 1. The fraction of sp³-hybridized carbons (Fsp3) is 0.400. The number of hydrogen-bond acceptors (Lipinski definition) is 6. The van der Waals surface area contributed by atoms with Crippen molar-refractivity contribution in [3.05, 3.63) is 89.5 Å². The Kier molecular flexibility index (Phi) is 7.46. The number of anilines is 1. The first-order valence-corrected chi connectivity index (χ1v) is 12.7. The summed E-state index contributed by atoms with van der Waals surface area (Å²) >= 11 is 0. The van der Waals surface area contributed by atoms with E-state index in [-0.39, 0.29) is 6.29 Å². The third-order valence-corrected chi connectivity index (χ3v) is 7.47. The average molecular weight is 490 g/mol. The second-order valence-electron chi connectivity index (χ2n) is 9.60. The van der Waals surface area contributed by atoms with Crippen LogP contribution in [0.15, 0.2) is 72.8 Å². The molecule has 2 aliphatic heterocycles. The van der Waals surface area contributed by atoms with Gasteiger partial charge in [-0.15, -0.1) is 0 Å². The lowest BCUT2D eigenvalue weighted by Gasteiger charge is -2.37. The molecule has 1 N–H and O–H groups in total. The SMILES string of the molecule is COC(OC)C1CCN(c2ccc(C3(O)CCOc4cc(OCc5ccccc5)ccc43)cc2)CC1. The zero-order valence-electron chi connectivity index (χ0n) is 21.1. The van der Waals surface area contributed by atoms with Crippen LogP contribution in [0.5, 0.6) is 11.5 Å². The summed E-state index contributed by atoms with van der Waals surface area (Å²) in [5.74, 6) is 1.81. The van der Waals surface area contributed by atoms with Crippen LogP contribution in [0.4, 0.5) is 5.69 Å². The maximum atomic E-state index is 11.8. The van der Waals surface area contributed by atoms with E-state index in [2.05, 4.69) is 17.0 Å². The molecule has 2 heterocycles. The van der Waals surface area contributed by atoms with Crippen LogP contribution >= 0.6 is 0 Å². The monoisotopic (exact) mass is 489 g/mol. The lowest BCUT2D eigenvalue weighted by Crippen LogP contribution is -2.39. The molecule has 0 bridgehead atoms. The van der Waals surface area contributed by atoms with E-state index in [4.69, 9.17) is 18.9 Å². The van der Waals surface area contributed by atoms with Crippen molar-refractivity contribution in [1.82, 2.24) is 0 Å². The summed E-state index contributed by atoms with van der Waals surface area (Å²) in [4.78, 5) is 2.39. The fourth-order valence-electron chi connectivity index (χ4n) is 5.40. The first kappa shape index (κ1) is 24.6. The number of benzene rings is 3. The van der Waals surface area contributed by atoms with E-state index in [1.807, 2.05) is 60.7 Å². The highest BCUT2D eigenvalue weighted by Gasteiger charge is 2.38. The predicted molar refractivity (Wildman–Crippen MR) is 140 cm³/mol. The Bertz CT molecular complexity index is 1120. The topological polar surface area (TPSA) is 60.4 Å². The zero-order valence-corrected chi connectivity index (χ0v) is 21.1. The summed E-state index contributed by atoms with van der Waals surface area (Å²) in [7, 11) is 3.41. The van der Waals surface area contributed by atoms with Crippen LogP contribution in [0.2, 0.25) is 0 Å². The van der Waals surface area contributed by atoms with Crippen LogP contribution in [0.1, 0.15) is 36.0 Å². The molecule has 1 unspecified atom stereocenters. The highest BCUT2D eigenvalue weighted by Crippen LogP contribution is 2.43. The van der Waals surface area contributed by atoms with Crippen LogP contribution in [0.3, 0.4) is 0 Å². The van der Waals surface area contributed by atoms with Gasteiger partial charge in [0.05, 0.1) is 6.61 Å². The van der Waals surface area contributed by atoms with Crippen LogP contribution < -0.4 is 14.4 Å². The van der Waals surface area contributed by atoms with Crippen LogP contribution in [-0.2, 0) is 21.7 Å². The molecular formula is C30H35NO5. The number of piperidine rings is 1. The second-order valence-corrected chi connectivity index (χ2v) is 9.60. The quantitative estimate of drug-likeness (QED) is 0.443. The van der Waals surface area contributed by atoms with Crippen LogP contribution in [0, 0.1) is 5.92 Å². The molecule has 0 aliphatic carbocycles. The molecule has 3 aromatic rings. The molecule has 0 radical (unpaired) electrons. The molecule has 36 heavy (non-hydrogen) atoms. The molecule has 0 aromatic heterocycles. The third kappa shape index (κ3) is 5.07. The summed E-state index contributed by atoms with van der Waals surface area (Å²) in [6, 6.07) is 24.1. The largest absolute Gasteiger partial charge is 0.493 e. The average Bonchev–Trinajstić information content (AvgIpc) is 2.94. The molecule has 1 fully saturated rings. The smallest absolute Gasteiger partial charge is 0.159 e. The number of fused-ring (bicyclic) bond motifs is 1. The third-order valence-electron chi connectivity index (χ3n) is 7.47. The van der Waals surface area contributed by atoms with Gasteiger partial charge in [0.2, 0.25) is 0 Å². The maximum absolute atomic E-state index is 11.8. The van der Waals surface area contributed by atoms with Gasteiger partial charge in [0, 0.05) is 57.0 Å². The van der Waals surface area contributed by atoms with Crippen molar-refractivity contribution in [2.75, 3.05) is 38.8 Å². The van der Waals surface area contributed by atoms with Gasteiger partial charge >= 0.3 is 0 Å². The van der Waals surface area contributed by atoms with Gasteiger partial charge in [0.1, 0.15) is 23.7 Å². The molecule has 6 nitrogen and oxygen atoms in total. The highest BCUT2D eigenvalue weighted by molar-refractivity contribution is 5.53. The molecule has 1 saturated heterocycles. The van der Waals surface area contributed by atoms with Gasteiger partial charge in [-0.3, -0.25) is 0 Å². The molecule has 0 spiro atoms. The molecule has 0 amide bonds. The van der Waals surface area contributed by atoms with Crippen molar-refractivity contribution in [2.45, 2.75) is 37.8 Å². The van der Waals surface area contributed by atoms with E-state index in [0.717, 1.165) is 48.4 Å². The molecule has 2 aliphatic rings.